The number of ketones is 1. The second kappa shape index (κ2) is 7.40. The van der Waals surface area contributed by atoms with Crippen molar-refractivity contribution in [2.24, 2.45) is 5.92 Å². The fourth-order valence-electron chi connectivity index (χ4n) is 2.25. The Labute approximate surface area is 144 Å². The number of halogens is 1. The molecule has 0 bridgehead atoms. The highest BCUT2D eigenvalue weighted by atomic mass is 35.5. The standard InChI is InChI=1S/C17H18ClN3O3/c1-11(2)10-20-17(18)15(12(3)19-20)7-8-16(22)13-5-4-6-14(9-13)21(23)24/h4-9,11H,10H2,1-3H3. The Morgan fingerprint density at radius 2 is 2.17 bits per heavy atom. The van der Waals surface area contributed by atoms with Crippen LogP contribution in [0.15, 0.2) is 30.3 Å². The van der Waals surface area contributed by atoms with Crippen molar-refractivity contribution < 1.29 is 9.72 Å². The summed E-state index contributed by atoms with van der Waals surface area (Å²) in [5, 5.41) is 15.6. The summed E-state index contributed by atoms with van der Waals surface area (Å²) < 4.78 is 1.71. The first kappa shape index (κ1) is 17.9. The summed E-state index contributed by atoms with van der Waals surface area (Å²) in [7, 11) is 0. The van der Waals surface area contributed by atoms with Crippen LogP contribution in [0.4, 0.5) is 5.69 Å². The first-order chi connectivity index (χ1) is 11.3. The molecule has 0 aliphatic heterocycles. The molecule has 0 amide bonds. The van der Waals surface area contributed by atoms with Gasteiger partial charge in [-0.05, 0) is 25.0 Å². The van der Waals surface area contributed by atoms with Crippen molar-refractivity contribution in [1.29, 1.82) is 0 Å². The minimum atomic E-state index is -0.530. The summed E-state index contributed by atoms with van der Waals surface area (Å²) >= 11 is 6.32. The second-order valence-corrected chi connectivity index (χ2v) is 6.23. The van der Waals surface area contributed by atoms with Crippen molar-refractivity contribution in [3.63, 3.8) is 0 Å². The van der Waals surface area contributed by atoms with Gasteiger partial charge in [-0.15, -0.1) is 0 Å². The van der Waals surface area contributed by atoms with Gasteiger partial charge in [-0.2, -0.15) is 5.10 Å². The van der Waals surface area contributed by atoms with E-state index in [-0.39, 0.29) is 17.0 Å². The van der Waals surface area contributed by atoms with Gasteiger partial charge in [0, 0.05) is 29.8 Å². The lowest BCUT2D eigenvalue weighted by Crippen LogP contribution is -2.06. The van der Waals surface area contributed by atoms with Crippen LogP contribution in [0.1, 0.15) is 35.5 Å². The highest BCUT2D eigenvalue weighted by Gasteiger charge is 2.13. The van der Waals surface area contributed by atoms with E-state index in [9.17, 15) is 14.9 Å². The number of carbonyl (C=O) groups excluding carboxylic acids is 1. The van der Waals surface area contributed by atoms with E-state index >= 15 is 0 Å². The van der Waals surface area contributed by atoms with Crippen molar-refractivity contribution >= 4 is 29.1 Å². The minimum absolute atomic E-state index is 0.117. The van der Waals surface area contributed by atoms with Crippen LogP contribution in [0.5, 0.6) is 0 Å². The molecule has 0 radical (unpaired) electrons. The van der Waals surface area contributed by atoms with Gasteiger partial charge in [-0.3, -0.25) is 19.6 Å². The van der Waals surface area contributed by atoms with Gasteiger partial charge < -0.3 is 0 Å². The number of hydrogen-bond acceptors (Lipinski definition) is 4. The van der Waals surface area contributed by atoms with E-state index in [1.807, 2.05) is 6.92 Å². The van der Waals surface area contributed by atoms with Gasteiger partial charge in [0.2, 0.25) is 0 Å². The Morgan fingerprint density at radius 3 is 2.79 bits per heavy atom. The fourth-order valence-corrected chi connectivity index (χ4v) is 2.56. The zero-order chi connectivity index (χ0) is 17.9. The molecule has 24 heavy (non-hydrogen) atoms. The molecule has 0 saturated heterocycles. The molecule has 1 aromatic heterocycles. The van der Waals surface area contributed by atoms with E-state index in [2.05, 4.69) is 18.9 Å². The van der Waals surface area contributed by atoms with Crippen LogP contribution in [0.3, 0.4) is 0 Å². The van der Waals surface area contributed by atoms with E-state index in [1.165, 1.54) is 30.3 Å². The Kier molecular flexibility index (Phi) is 5.51. The topological polar surface area (TPSA) is 78.0 Å². The summed E-state index contributed by atoms with van der Waals surface area (Å²) in [6, 6.07) is 5.62. The van der Waals surface area contributed by atoms with E-state index in [0.29, 0.717) is 23.2 Å². The number of allylic oxidation sites excluding steroid dienone is 1. The van der Waals surface area contributed by atoms with Gasteiger partial charge in [0.25, 0.3) is 5.69 Å². The third-order valence-electron chi connectivity index (χ3n) is 3.39. The van der Waals surface area contributed by atoms with E-state index in [1.54, 1.807) is 10.8 Å². The summed E-state index contributed by atoms with van der Waals surface area (Å²) in [6.07, 6.45) is 2.96. The predicted octanol–water partition coefficient (Wildman–Crippen LogP) is 4.31. The number of aromatic nitrogens is 2. The predicted molar refractivity (Wildman–Crippen MR) is 93.3 cm³/mol. The fraction of sp³-hybridized carbons (Fsp3) is 0.294. The van der Waals surface area contributed by atoms with Gasteiger partial charge in [0.15, 0.2) is 5.78 Å². The molecule has 2 rings (SSSR count). The molecule has 1 aromatic carbocycles. The number of carbonyl (C=O) groups is 1. The molecule has 7 heteroatoms. The number of nitro groups is 1. The molecule has 126 valence electrons. The third-order valence-corrected chi connectivity index (χ3v) is 3.79. The molecule has 2 aromatic rings. The van der Waals surface area contributed by atoms with Crippen molar-refractivity contribution in [3.8, 4) is 0 Å². The maximum atomic E-state index is 12.2. The number of nitrogens with zero attached hydrogens (tertiary/aromatic N) is 3. The Balaban J connectivity index is 2.25. The largest absolute Gasteiger partial charge is 0.289 e. The number of non-ortho nitro benzene ring substituents is 1. The summed E-state index contributed by atoms with van der Waals surface area (Å²) in [4.78, 5) is 22.5. The molecular weight excluding hydrogens is 330 g/mol. The molecular formula is C17H18ClN3O3. The first-order valence-corrected chi connectivity index (χ1v) is 7.87. The van der Waals surface area contributed by atoms with Crippen LogP contribution in [0, 0.1) is 23.0 Å². The average Bonchev–Trinajstić information content (AvgIpc) is 2.78. The minimum Gasteiger partial charge on any atom is -0.289 e. The van der Waals surface area contributed by atoms with Crippen molar-refractivity contribution in [3.05, 3.63) is 62.4 Å². The van der Waals surface area contributed by atoms with Crippen LogP contribution in [0.25, 0.3) is 6.08 Å². The van der Waals surface area contributed by atoms with E-state index in [0.717, 1.165) is 5.69 Å². The maximum absolute atomic E-state index is 12.2. The smallest absolute Gasteiger partial charge is 0.270 e. The van der Waals surface area contributed by atoms with Crippen LogP contribution in [-0.2, 0) is 6.54 Å². The Hall–Kier alpha value is -2.47. The van der Waals surface area contributed by atoms with Crippen molar-refractivity contribution in [1.82, 2.24) is 9.78 Å². The molecule has 0 fully saturated rings. The van der Waals surface area contributed by atoms with E-state index in [4.69, 9.17) is 11.6 Å². The van der Waals surface area contributed by atoms with Crippen LogP contribution in [0.2, 0.25) is 5.15 Å². The van der Waals surface area contributed by atoms with Crippen LogP contribution in [-0.4, -0.2) is 20.5 Å². The molecule has 0 spiro atoms. The van der Waals surface area contributed by atoms with Gasteiger partial charge in [0.1, 0.15) is 5.15 Å². The monoisotopic (exact) mass is 347 g/mol. The average molecular weight is 348 g/mol. The molecule has 0 aliphatic carbocycles. The molecule has 0 saturated carbocycles. The summed E-state index contributed by atoms with van der Waals surface area (Å²) in [5.74, 6) is 0.0657. The Bertz CT molecular complexity index is 809. The lowest BCUT2D eigenvalue weighted by molar-refractivity contribution is -0.384. The zero-order valence-corrected chi connectivity index (χ0v) is 14.4. The summed E-state index contributed by atoms with van der Waals surface area (Å²) in [5.41, 5.74) is 1.54. The van der Waals surface area contributed by atoms with Gasteiger partial charge >= 0.3 is 0 Å². The van der Waals surface area contributed by atoms with Crippen molar-refractivity contribution in [2.45, 2.75) is 27.3 Å². The Morgan fingerprint density at radius 1 is 1.46 bits per heavy atom. The third kappa shape index (κ3) is 4.08. The SMILES string of the molecule is Cc1nn(CC(C)C)c(Cl)c1C=CC(=O)c1cccc([N+](=O)[O-])c1. The molecule has 6 nitrogen and oxygen atoms in total. The lowest BCUT2D eigenvalue weighted by atomic mass is 10.1. The highest BCUT2D eigenvalue weighted by molar-refractivity contribution is 6.31. The number of rotatable bonds is 6. The molecule has 0 atom stereocenters. The molecule has 0 N–H and O–H groups in total. The number of nitro benzene ring substituents is 1. The van der Waals surface area contributed by atoms with Gasteiger partial charge in [0.05, 0.1) is 10.6 Å². The normalized spacial score (nSPS) is 11.4. The quantitative estimate of drug-likeness (QED) is 0.337. The van der Waals surface area contributed by atoms with Crippen LogP contribution < -0.4 is 0 Å². The van der Waals surface area contributed by atoms with Crippen LogP contribution >= 0.6 is 11.6 Å². The molecule has 0 unspecified atom stereocenters. The molecule has 1 heterocycles. The van der Waals surface area contributed by atoms with E-state index < -0.39 is 4.92 Å². The second-order valence-electron chi connectivity index (χ2n) is 5.87. The number of benzene rings is 1. The van der Waals surface area contributed by atoms with Gasteiger partial charge in [-0.1, -0.05) is 37.6 Å². The summed E-state index contributed by atoms with van der Waals surface area (Å²) in [6.45, 7) is 6.63. The van der Waals surface area contributed by atoms with Gasteiger partial charge in [-0.25, -0.2) is 0 Å². The lowest BCUT2D eigenvalue weighted by Gasteiger charge is -2.05. The highest BCUT2D eigenvalue weighted by Crippen LogP contribution is 2.23. The first-order valence-electron chi connectivity index (χ1n) is 7.49. The maximum Gasteiger partial charge on any atom is 0.270 e. The number of aryl methyl sites for hydroxylation is 1. The zero-order valence-electron chi connectivity index (χ0n) is 13.7. The van der Waals surface area contributed by atoms with Crippen molar-refractivity contribution in [2.75, 3.05) is 0 Å². The number of hydrogen-bond donors (Lipinski definition) is 0. The molecule has 0 aliphatic rings.